The molecule has 1 rings (SSSR count). The molecule has 2 N–H and O–H groups in total. The number of hydrogen-bond donors (Lipinski definition) is 2. The van der Waals surface area contributed by atoms with Gasteiger partial charge in [0.1, 0.15) is 0 Å². The van der Waals surface area contributed by atoms with Crippen LogP contribution in [0.5, 0.6) is 0 Å². The van der Waals surface area contributed by atoms with Crippen LogP contribution in [-0.2, 0) is 10.0 Å². The van der Waals surface area contributed by atoms with Crippen molar-refractivity contribution in [1.82, 2.24) is 9.62 Å². The predicted octanol–water partition coefficient (Wildman–Crippen LogP) is -0.0768. The van der Waals surface area contributed by atoms with Gasteiger partial charge < -0.3 is 10.4 Å². The quantitative estimate of drug-likeness (QED) is 0.743. The number of aliphatic hydroxyl groups is 1. The summed E-state index contributed by atoms with van der Waals surface area (Å²) >= 11 is 0. The molecule has 1 heterocycles. The highest BCUT2D eigenvalue weighted by Crippen LogP contribution is 2.22. The minimum atomic E-state index is -4.34. The van der Waals surface area contributed by atoms with Crippen LogP contribution in [0, 0.1) is 0 Å². The molecule has 0 unspecified atom stereocenters. The molecular formula is C9H17F3N2O3S. The lowest BCUT2D eigenvalue weighted by Crippen LogP contribution is -2.45. The van der Waals surface area contributed by atoms with Crippen LogP contribution in [0.1, 0.15) is 12.8 Å². The van der Waals surface area contributed by atoms with Crippen LogP contribution in [0.15, 0.2) is 0 Å². The van der Waals surface area contributed by atoms with Crippen molar-refractivity contribution in [1.29, 1.82) is 0 Å². The van der Waals surface area contributed by atoms with E-state index >= 15 is 0 Å². The van der Waals surface area contributed by atoms with Gasteiger partial charge in [0.15, 0.2) is 0 Å². The van der Waals surface area contributed by atoms with Gasteiger partial charge in [0, 0.05) is 26.6 Å². The molecule has 1 saturated heterocycles. The minimum absolute atomic E-state index is 0.285. The maximum Gasteiger partial charge on any atom is 0.389 e. The zero-order valence-electron chi connectivity index (χ0n) is 9.94. The predicted molar refractivity (Wildman–Crippen MR) is 59.5 cm³/mol. The number of nitrogens with zero attached hydrogens (tertiary/aromatic N) is 1. The molecule has 108 valence electrons. The molecule has 1 fully saturated rings. The zero-order chi connectivity index (χ0) is 14.0. The third-order valence-corrected chi connectivity index (χ3v) is 4.87. The van der Waals surface area contributed by atoms with Gasteiger partial charge in [0.25, 0.3) is 0 Å². The molecule has 0 aromatic carbocycles. The Hall–Kier alpha value is -0.380. The summed E-state index contributed by atoms with van der Waals surface area (Å²) in [6.45, 7) is 0.587. The van der Waals surface area contributed by atoms with Gasteiger partial charge in [-0.05, 0) is 6.42 Å². The molecule has 1 aliphatic heterocycles. The fourth-order valence-corrected chi connectivity index (χ4v) is 3.25. The molecule has 5 nitrogen and oxygen atoms in total. The largest absolute Gasteiger partial charge is 0.390 e. The molecule has 0 aromatic rings. The fourth-order valence-electron chi connectivity index (χ4n) is 1.83. The zero-order valence-corrected chi connectivity index (χ0v) is 10.8. The van der Waals surface area contributed by atoms with Crippen molar-refractivity contribution >= 4 is 10.0 Å². The van der Waals surface area contributed by atoms with E-state index in [9.17, 15) is 26.7 Å². The van der Waals surface area contributed by atoms with Crippen LogP contribution in [0.25, 0.3) is 0 Å². The van der Waals surface area contributed by atoms with Gasteiger partial charge in [0.2, 0.25) is 10.0 Å². The molecule has 0 radical (unpaired) electrons. The van der Waals surface area contributed by atoms with Crippen molar-refractivity contribution in [2.24, 2.45) is 0 Å². The molecule has 1 aliphatic rings. The first-order chi connectivity index (χ1) is 8.13. The van der Waals surface area contributed by atoms with Gasteiger partial charge in [-0.1, -0.05) is 0 Å². The molecule has 0 saturated carbocycles. The SMILES string of the molecule is CN([C@H]1CNC[C@@H]1O)S(=O)(=O)CCCC(F)(F)F. The smallest absolute Gasteiger partial charge is 0.389 e. The number of hydrogen-bond acceptors (Lipinski definition) is 4. The molecule has 2 atom stereocenters. The Bertz CT molecular complexity index is 372. The summed E-state index contributed by atoms with van der Waals surface area (Å²) in [6.07, 6.45) is -6.76. The fraction of sp³-hybridized carbons (Fsp3) is 1.00. The average Bonchev–Trinajstić information content (AvgIpc) is 2.60. The summed E-state index contributed by atoms with van der Waals surface area (Å²) in [5.74, 6) is -0.563. The Kier molecular flexibility index (Phi) is 4.98. The second-order valence-corrected chi connectivity index (χ2v) is 6.49. The second-order valence-electron chi connectivity index (χ2n) is 4.34. The highest BCUT2D eigenvalue weighted by Gasteiger charge is 2.35. The Morgan fingerprint density at radius 3 is 2.44 bits per heavy atom. The molecule has 0 amide bonds. The van der Waals surface area contributed by atoms with Gasteiger partial charge in [-0.2, -0.15) is 17.5 Å². The third-order valence-electron chi connectivity index (χ3n) is 2.92. The van der Waals surface area contributed by atoms with Crippen molar-refractivity contribution in [2.45, 2.75) is 31.2 Å². The average molecular weight is 290 g/mol. The monoisotopic (exact) mass is 290 g/mol. The van der Waals surface area contributed by atoms with E-state index in [0.29, 0.717) is 6.54 Å². The van der Waals surface area contributed by atoms with Gasteiger partial charge in [-0.15, -0.1) is 0 Å². The number of halogens is 3. The lowest BCUT2D eigenvalue weighted by molar-refractivity contribution is -0.134. The summed E-state index contributed by atoms with van der Waals surface area (Å²) in [5, 5.41) is 12.3. The van der Waals surface area contributed by atoms with Gasteiger partial charge >= 0.3 is 6.18 Å². The van der Waals surface area contributed by atoms with Crippen LogP contribution in [0.2, 0.25) is 0 Å². The van der Waals surface area contributed by atoms with Gasteiger partial charge in [-0.3, -0.25) is 0 Å². The summed E-state index contributed by atoms with van der Waals surface area (Å²) in [4.78, 5) is 0. The molecule has 0 spiro atoms. The van der Waals surface area contributed by atoms with E-state index in [1.807, 2.05) is 0 Å². The van der Waals surface area contributed by atoms with E-state index in [1.54, 1.807) is 0 Å². The molecular weight excluding hydrogens is 273 g/mol. The number of β-amino-alcohol motifs (C(OH)–C–C–N with tert-alkyl or cyclic N) is 1. The topological polar surface area (TPSA) is 69.6 Å². The van der Waals surface area contributed by atoms with Crippen molar-refractivity contribution in [3.63, 3.8) is 0 Å². The van der Waals surface area contributed by atoms with E-state index in [2.05, 4.69) is 5.32 Å². The van der Waals surface area contributed by atoms with E-state index in [4.69, 9.17) is 0 Å². The summed E-state index contributed by atoms with van der Waals surface area (Å²) in [5.41, 5.74) is 0. The van der Waals surface area contributed by atoms with Crippen molar-refractivity contribution in [3.8, 4) is 0 Å². The van der Waals surface area contributed by atoms with E-state index in [1.165, 1.54) is 7.05 Å². The molecule has 0 aliphatic carbocycles. The lowest BCUT2D eigenvalue weighted by atomic mass is 10.2. The van der Waals surface area contributed by atoms with Gasteiger partial charge in [-0.25, -0.2) is 8.42 Å². The van der Waals surface area contributed by atoms with Crippen LogP contribution in [0.3, 0.4) is 0 Å². The van der Waals surface area contributed by atoms with Crippen LogP contribution < -0.4 is 5.32 Å². The second kappa shape index (κ2) is 5.72. The van der Waals surface area contributed by atoms with E-state index in [0.717, 1.165) is 4.31 Å². The number of alkyl halides is 3. The summed E-state index contributed by atoms with van der Waals surface area (Å²) < 4.78 is 60.3. The summed E-state index contributed by atoms with van der Waals surface area (Å²) in [6, 6.07) is -0.610. The van der Waals surface area contributed by atoms with Crippen molar-refractivity contribution in [2.75, 3.05) is 25.9 Å². The maximum atomic E-state index is 11.9. The van der Waals surface area contributed by atoms with E-state index < -0.39 is 46.9 Å². The Balaban J connectivity index is 2.52. The van der Waals surface area contributed by atoms with Crippen molar-refractivity contribution in [3.05, 3.63) is 0 Å². The normalized spacial score (nSPS) is 25.9. The van der Waals surface area contributed by atoms with Gasteiger partial charge in [0.05, 0.1) is 17.9 Å². The van der Waals surface area contributed by atoms with Crippen LogP contribution in [0.4, 0.5) is 13.2 Å². The molecule has 0 bridgehead atoms. The molecule has 18 heavy (non-hydrogen) atoms. The van der Waals surface area contributed by atoms with E-state index in [-0.39, 0.29) is 6.54 Å². The Morgan fingerprint density at radius 1 is 1.39 bits per heavy atom. The number of sulfonamides is 1. The Labute approximate surface area is 104 Å². The maximum absolute atomic E-state index is 11.9. The number of rotatable bonds is 5. The molecule has 0 aromatic heterocycles. The lowest BCUT2D eigenvalue weighted by Gasteiger charge is -2.25. The Morgan fingerprint density at radius 2 is 2.00 bits per heavy atom. The highest BCUT2D eigenvalue weighted by molar-refractivity contribution is 7.89. The number of nitrogens with one attached hydrogen (secondary N) is 1. The standard InChI is InChI=1S/C9H17F3N2O3S/c1-14(7-5-13-6-8(7)15)18(16,17)4-2-3-9(10,11)12/h7-8,13,15H,2-6H2,1H3/t7-,8-/m0/s1. The number of likely N-dealkylation sites (N-methyl/N-ethyl adjacent to an activating group) is 1. The van der Waals surface area contributed by atoms with Crippen LogP contribution in [-0.4, -0.2) is 62.0 Å². The first-order valence-electron chi connectivity index (χ1n) is 5.55. The first-order valence-corrected chi connectivity index (χ1v) is 7.15. The number of aliphatic hydroxyl groups excluding tert-OH is 1. The first kappa shape index (κ1) is 15.7. The van der Waals surface area contributed by atoms with Crippen molar-refractivity contribution < 1.29 is 26.7 Å². The minimum Gasteiger partial charge on any atom is -0.390 e. The molecule has 9 heteroatoms. The summed E-state index contributed by atoms with van der Waals surface area (Å²) in [7, 11) is -2.48. The van der Waals surface area contributed by atoms with Crippen LogP contribution >= 0.6 is 0 Å². The highest BCUT2D eigenvalue weighted by atomic mass is 32.2. The third kappa shape index (κ3) is 4.38.